The molecule has 0 aliphatic heterocycles. The van der Waals surface area contributed by atoms with E-state index in [1.165, 1.54) is 6.20 Å². The zero-order chi connectivity index (χ0) is 15.6. The second-order valence-corrected chi connectivity index (χ2v) is 5.91. The van der Waals surface area contributed by atoms with Crippen LogP contribution in [0.25, 0.3) is 0 Å². The number of nitrogens with zero attached hydrogens (tertiary/aromatic N) is 2. The molecule has 5 nitrogen and oxygen atoms in total. The van der Waals surface area contributed by atoms with E-state index in [0.29, 0.717) is 11.5 Å². The molecule has 0 saturated carbocycles. The Kier molecular flexibility index (Phi) is 4.57. The highest BCUT2D eigenvalue weighted by atomic mass is 79.9. The topological polar surface area (TPSA) is 75.1 Å². The largest absolute Gasteiger partial charge is 0.476 e. The van der Waals surface area contributed by atoms with Gasteiger partial charge in [-0.1, -0.05) is 19.9 Å². The highest BCUT2D eigenvalue weighted by Gasteiger charge is 2.16. The number of hydrogen-bond acceptors (Lipinski definition) is 4. The van der Waals surface area contributed by atoms with Crippen molar-refractivity contribution in [2.75, 3.05) is 5.32 Å². The van der Waals surface area contributed by atoms with Crippen LogP contribution in [0.3, 0.4) is 0 Å². The maximum Gasteiger partial charge on any atom is 0.356 e. The Morgan fingerprint density at radius 3 is 2.67 bits per heavy atom. The number of aryl methyl sites for hydroxylation is 1. The number of rotatable bonds is 4. The van der Waals surface area contributed by atoms with Gasteiger partial charge in [0.15, 0.2) is 5.69 Å². The van der Waals surface area contributed by atoms with Crippen LogP contribution in [-0.4, -0.2) is 21.0 Å². The Labute approximate surface area is 131 Å². The van der Waals surface area contributed by atoms with E-state index in [1.54, 1.807) is 0 Å². The number of anilines is 2. The molecule has 2 aromatic rings. The summed E-state index contributed by atoms with van der Waals surface area (Å²) in [6, 6.07) is 5.79. The molecule has 0 fully saturated rings. The molecule has 1 aromatic carbocycles. The molecule has 1 heterocycles. The normalized spacial score (nSPS) is 10.7. The van der Waals surface area contributed by atoms with E-state index >= 15 is 0 Å². The van der Waals surface area contributed by atoms with Gasteiger partial charge in [-0.2, -0.15) is 0 Å². The number of halogens is 1. The predicted molar refractivity (Wildman–Crippen MR) is 85.2 cm³/mol. The number of aromatic nitrogens is 2. The van der Waals surface area contributed by atoms with Crippen molar-refractivity contribution in [2.45, 2.75) is 26.7 Å². The molecule has 1 aromatic heterocycles. The molecule has 110 valence electrons. The van der Waals surface area contributed by atoms with E-state index in [0.717, 1.165) is 15.7 Å². The summed E-state index contributed by atoms with van der Waals surface area (Å²) in [6.07, 6.45) is 1.51. The molecule has 2 rings (SSSR count). The predicted octanol–water partition coefficient (Wildman–Crippen LogP) is 4.11. The smallest absolute Gasteiger partial charge is 0.356 e. The van der Waals surface area contributed by atoms with Gasteiger partial charge in [0.1, 0.15) is 5.82 Å². The first-order chi connectivity index (χ1) is 9.88. The van der Waals surface area contributed by atoms with Crippen molar-refractivity contribution >= 4 is 33.3 Å². The SMILES string of the molecule is Cc1ccc(Br)c(Nc2cnc(C(C)C)nc2C(=O)O)c1. The fourth-order valence-corrected chi connectivity index (χ4v) is 2.15. The van der Waals surface area contributed by atoms with Crippen molar-refractivity contribution in [3.8, 4) is 0 Å². The van der Waals surface area contributed by atoms with Crippen molar-refractivity contribution < 1.29 is 9.90 Å². The summed E-state index contributed by atoms with van der Waals surface area (Å²) in [6.45, 7) is 5.81. The molecule has 0 amide bonds. The highest BCUT2D eigenvalue weighted by Crippen LogP contribution is 2.28. The van der Waals surface area contributed by atoms with Crippen molar-refractivity contribution in [1.82, 2.24) is 9.97 Å². The molecule has 0 bridgehead atoms. The maximum atomic E-state index is 11.4. The van der Waals surface area contributed by atoms with Gasteiger partial charge in [-0.3, -0.25) is 0 Å². The van der Waals surface area contributed by atoms with Gasteiger partial charge in [0.2, 0.25) is 0 Å². The summed E-state index contributed by atoms with van der Waals surface area (Å²) in [7, 11) is 0. The minimum absolute atomic E-state index is 0.0258. The van der Waals surface area contributed by atoms with E-state index in [-0.39, 0.29) is 11.6 Å². The number of aromatic carboxylic acids is 1. The van der Waals surface area contributed by atoms with Gasteiger partial charge in [-0.15, -0.1) is 0 Å². The maximum absolute atomic E-state index is 11.4. The van der Waals surface area contributed by atoms with Gasteiger partial charge >= 0.3 is 5.97 Å². The van der Waals surface area contributed by atoms with Gasteiger partial charge in [0.05, 0.1) is 17.6 Å². The molecule has 0 atom stereocenters. The molecular weight excluding hydrogens is 334 g/mol. The molecule has 0 aliphatic rings. The van der Waals surface area contributed by atoms with Gasteiger partial charge in [-0.25, -0.2) is 14.8 Å². The average molecular weight is 350 g/mol. The zero-order valence-corrected chi connectivity index (χ0v) is 13.6. The Bertz CT molecular complexity index is 687. The first-order valence-corrected chi connectivity index (χ1v) is 7.31. The molecule has 21 heavy (non-hydrogen) atoms. The van der Waals surface area contributed by atoms with Crippen molar-refractivity contribution in [1.29, 1.82) is 0 Å². The van der Waals surface area contributed by atoms with Crippen LogP contribution in [0.5, 0.6) is 0 Å². The van der Waals surface area contributed by atoms with Crippen LogP contribution in [0.1, 0.15) is 41.6 Å². The number of benzene rings is 1. The number of carboxylic acid groups (broad SMARTS) is 1. The molecule has 0 radical (unpaired) electrons. The quantitative estimate of drug-likeness (QED) is 0.868. The summed E-state index contributed by atoms with van der Waals surface area (Å²) in [4.78, 5) is 19.7. The van der Waals surface area contributed by atoms with Crippen LogP contribution in [0.4, 0.5) is 11.4 Å². The van der Waals surface area contributed by atoms with Crippen LogP contribution in [0.15, 0.2) is 28.9 Å². The molecule has 0 aliphatic carbocycles. The standard InChI is InChI=1S/C15H16BrN3O2/c1-8(2)14-17-7-12(13(19-14)15(20)21)18-11-6-9(3)4-5-10(11)16/h4-8,18H,1-3H3,(H,20,21). The Morgan fingerprint density at radius 2 is 2.05 bits per heavy atom. The Balaban J connectivity index is 2.44. The molecule has 2 N–H and O–H groups in total. The summed E-state index contributed by atoms with van der Waals surface area (Å²) < 4.78 is 0.845. The van der Waals surface area contributed by atoms with Crippen LogP contribution < -0.4 is 5.32 Å². The summed E-state index contributed by atoms with van der Waals surface area (Å²) in [5.74, 6) is -0.491. The van der Waals surface area contributed by atoms with Crippen LogP contribution in [0.2, 0.25) is 0 Å². The lowest BCUT2D eigenvalue weighted by Crippen LogP contribution is -2.10. The van der Waals surface area contributed by atoms with E-state index in [2.05, 4.69) is 31.2 Å². The third-order valence-corrected chi connectivity index (χ3v) is 3.61. The fourth-order valence-electron chi connectivity index (χ4n) is 1.81. The molecule has 0 saturated heterocycles. The fraction of sp³-hybridized carbons (Fsp3) is 0.267. The van der Waals surface area contributed by atoms with Crippen LogP contribution in [0, 0.1) is 6.92 Å². The lowest BCUT2D eigenvalue weighted by Gasteiger charge is -2.13. The average Bonchev–Trinajstić information content (AvgIpc) is 2.42. The van der Waals surface area contributed by atoms with Crippen molar-refractivity contribution in [2.24, 2.45) is 0 Å². The number of carbonyl (C=O) groups is 1. The lowest BCUT2D eigenvalue weighted by atomic mass is 10.2. The number of carboxylic acids is 1. The zero-order valence-electron chi connectivity index (χ0n) is 12.0. The Morgan fingerprint density at radius 1 is 1.33 bits per heavy atom. The van der Waals surface area contributed by atoms with E-state index in [4.69, 9.17) is 0 Å². The first kappa shape index (κ1) is 15.4. The van der Waals surface area contributed by atoms with Gasteiger partial charge in [-0.05, 0) is 40.5 Å². The lowest BCUT2D eigenvalue weighted by molar-refractivity contribution is 0.0691. The second-order valence-electron chi connectivity index (χ2n) is 5.06. The second kappa shape index (κ2) is 6.22. The number of nitrogens with one attached hydrogen (secondary N) is 1. The highest BCUT2D eigenvalue weighted by molar-refractivity contribution is 9.10. The van der Waals surface area contributed by atoms with Crippen LogP contribution in [-0.2, 0) is 0 Å². The summed E-state index contributed by atoms with van der Waals surface area (Å²) in [5, 5.41) is 12.4. The van der Waals surface area contributed by atoms with Crippen molar-refractivity contribution in [3.05, 3.63) is 46.0 Å². The molecule has 0 unspecified atom stereocenters. The van der Waals surface area contributed by atoms with Crippen LogP contribution >= 0.6 is 15.9 Å². The third-order valence-electron chi connectivity index (χ3n) is 2.92. The molecule has 6 heteroatoms. The first-order valence-electron chi connectivity index (χ1n) is 6.52. The van der Waals surface area contributed by atoms with Gasteiger partial charge in [0, 0.05) is 10.4 Å². The van der Waals surface area contributed by atoms with E-state index < -0.39 is 5.97 Å². The minimum atomic E-state index is -1.08. The van der Waals surface area contributed by atoms with E-state index in [9.17, 15) is 9.90 Å². The van der Waals surface area contributed by atoms with E-state index in [1.807, 2.05) is 39.0 Å². The van der Waals surface area contributed by atoms with Crippen molar-refractivity contribution in [3.63, 3.8) is 0 Å². The third kappa shape index (κ3) is 3.58. The van der Waals surface area contributed by atoms with Gasteiger partial charge < -0.3 is 10.4 Å². The molecular formula is C15H16BrN3O2. The summed E-state index contributed by atoms with van der Waals surface area (Å²) in [5.41, 5.74) is 2.19. The molecule has 0 spiro atoms. The minimum Gasteiger partial charge on any atom is -0.476 e. The Hall–Kier alpha value is -1.95. The summed E-state index contributed by atoms with van der Waals surface area (Å²) >= 11 is 3.44. The monoisotopic (exact) mass is 349 g/mol. The number of hydrogen-bond donors (Lipinski definition) is 2. The van der Waals surface area contributed by atoms with Gasteiger partial charge in [0.25, 0.3) is 0 Å².